The van der Waals surface area contributed by atoms with Crippen LogP contribution in [0.15, 0.2) is 22.7 Å². The summed E-state index contributed by atoms with van der Waals surface area (Å²) >= 11 is 3.34. The molecule has 8 heteroatoms. The first-order chi connectivity index (χ1) is 11.4. The van der Waals surface area contributed by atoms with E-state index in [4.69, 9.17) is 4.74 Å². The summed E-state index contributed by atoms with van der Waals surface area (Å²) in [5.74, 6) is -1.56. The second-order valence-corrected chi connectivity index (χ2v) is 7.02. The molecule has 0 saturated carbocycles. The van der Waals surface area contributed by atoms with Crippen LogP contribution in [0, 0.1) is 11.8 Å². The van der Waals surface area contributed by atoms with E-state index in [2.05, 4.69) is 15.9 Å². The van der Waals surface area contributed by atoms with Crippen molar-refractivity contribution in [3.63, 3.8) is 0 Å². The quantitative estimate of drug-likeness (QED) is 0.832. The predicted molar refractivity (Wildman–Crippen MR) is 88.9 cm³/mol. The third kappa shape index (κ3) is 3.10. The fourth-order valence-corrected chi connectivity index (χ4v) is 3.42. The maximum atomic E-state index is 12.5. The molecule has 0 unspecified atom stereocenters. The Hall–Kier alpha value is -2.09. The monoisotopic (exact) mass is 396 g/mol. The molecule has 2 aliphatic heterocycles. The van der Waals surface area contributed by atoms with Gasteiger partial charge in [-0.25, -0.2) is 0 Å². The third-order valence-electron chi connectivity index (χ3n) is 4.44. The van der Waals surface area contributed by atoms with Gasteiger partial charge in [-0.3, -0.25) is 19.3 Å². The van der Waals surface area contributed by atoms with Gasteiger partial charge in [0, 0.05) is 17.6 Å². The number of carboxylic acids is 1. The van der Waals surface area contributed by atoms with Crippen molar-refractivity contribution in [1.29, 1.82) is 0 Å². The molecule has 1 aromatic carbocycles. The van der Waals surface area contributed by atoms with Gasteiger partial charge in [0.05, 0.1) is 11.6 Å². The zero-order valence-corrected chi connectivity index (χ0v) is 14.7. The van der Waals surface area contributed by atoms with E-state index < -0.39 is 11.9 Å². The summed E-state index contributed by atoms with van der Waals surface area (Å²) in [6.07, 6.45) is 0. The van der Waals surface area contributed by atoms with E-state index in [9.17, 15) is 19.5 Å². The van der Waals surface area contributed by atoms with E-state index in [0.717, 1.165) is 4.47 Å². The van der Waals surface area contributed by atoms with Gasteiger partial charge < -0.3 is 14.7 Å². The topological polar surface area (TPSA) is 87.2 Å². The highest BCUT2D eigenvalue weighted by Crippen LogP contribution is 2.34. The number of fused-ring (bicyclic) bond motifs is 1. The number of rotatable bonds is 3. The minimum atomic E-state index is -0.893. The van der Waals surface area contributed by atoms with Gasteiger partial charge in [0.25, 0.3) is 5.91 Å². The van der Waals surface area contributed by atoms with Gasteiger partial charge in [-0.15, -0.1) is 0 Å². The van der Waals surface area contributed by atoms with Crippen molar-refractivity contribution in [3.8, 4) is 5.75 Å². The van der Waals surface area contributed by atoms with Gasteiger partial charge in [-0.2, -0.15) is 0 Å². The Kier molecular flexibility index (Phi) is 4.49. The molecule has 2 heterocycles. The third-order valence-corrected chi connectivity index (χ3v) is 4.93. The van der Waals surface area contributed by atoms with Crippen molar-refractivity contribution in [2.75, 3.05) is 31.1 Å². The number of hydrogen-bond acceptors (Lipinski definition) is 4. The van der Waals surface area contributed by atoms with E-state index in [-0.39, 0.29) is 37.4 Å². The largest absolute Gasteiger partial charge is 0.482 e. The Morgan fingerprint density at radius 2 is 2.12 bits per heavy atom. The van der Waals surface area contributed by atoms with Crippen LogP contribution in [0.3, 0.4) is 0 Å². The van der Waals surface area contributed by atoms with Crippen LogP contribution in [0.4, 0.5) is 5.69 Å². The fraction of sp³-hybridized carbons (Fsp3) is 0.438. The number of carboxylic acid groups (broad SMARTS) is 1. The molecule has 0 aromatic heterocycles. The maximum absolute atomic E-state index is 12.5. The minimum absolute atomic E-state index is 0.102. The number of anilines is 1. The Morgan fingerprint density at radius 3 is 2.79 bits per heavy atom. The summed E-state index contributed by atoms with van der Waals surface area (Å²) < 4.78 is 6.21. The number of amides is 2. The smallest absolute Gasteiger partial charge is 0.308 e. The molecule has 7 nitrogen and oxygen atoms in total. The molecule has 2 aliphatic rings. The van der Waals surface area contributed by atoms with Crippen molar-refractivity contribution in [2.24, 2.45) is 11.8 Å². The number of benzene rings is 1. The average Bonchev–Trinajstić information content (AvgIpc) is 2.92. The highest BCUT2D eigenvalue weighted by molar-refractivity contribution is 9.10. The number of nitrogens with zero attached hydrogens (tertiary/aromatic N) is 2. The number of halogens is 1. The van der Waals surface area contributed by atoms with Crippen LogP contribution in [0.1, 0.15) is 6.92 Å². The summed E-state index contributed by atoms with van der Waals surface area (Å²) in [7, 11) is 0. The lowest BCUT2D eigenvalue weighted by atomic mass is 9.99. The molecule has 0 bridgehead atoms. The van der Waals surface area contributed by atoms with E-state index in [1.54, 1.807) is 18.2 Å². The second-order valence-electron chi connectivity index (χ2n) is 6.10. The van der Waals surface area contributed by atoms with E-state index in [1.807, 2.05) is 6.92 Å². The van der Waals surface area contributed by atoms with Crippen molar-refractivity contribution in [1.82, 2.24) is 4.90 Å². The number of hydrogen-bond donors (Lipinski definition) is 1. The van der Waals surface area contributed by atoms with Gasteiger partial charge in [0.1, 0.15) is 12.3 Å². The number of likely N-dealkylation sites (tertiary alicyclic amines) is 1. The zero-order valence-electron chi connectivity index (χ0n) is 13.1. The molecule has 24 heavy (non-hydrogen) atoms. The van der Waals surface area contributed by atoms with Crippen molar-refractivity contribution >= 4 is 39.4 Å². The lowest BCUT2D eigenvalue weighted by Gasteiger charge is -2.30. The Bertz CT molecular complexity index is 708. The van der Waals surface area contributed by atoms with E-state index >= 15 is 0 Å². The lowest BCUT2D eigenvalue weighted by Crippen LogP contribution is -2.46. The molecular formula is C16H17BrN2O5. The van der Waals surface area contributed by atoms with Crippen molar-refractivity contribution in [2.45, 2.75) is 6.92 Å². The summed E-state index contributed by atoms with van der Waals surface area (Å²) in [5, 5.41) is 9.18. The van der Waals surface area contributed by atoms with Crippen LogP contribution in [0.2, 0.25) is 0 Å². The first-order valence-corrected chi connectivity index (χ1v) is 8.39. The number of aliphatic carboxylic acids is 1. The Balaban J connectivity index is 1.75. The number of carbonyl (C=O) groups is 3. The molecule has 0 aliphatic carbocycles. The number of ether oxygens (including phenoxy) is 1. The number of carbonyl (C=O) groups excluding carboxylic acids is 2. The van der Waals surface area contributed by atoms with Gasteiger partial charge in [0.2, 0.25) is 5.91 Å². The lowest BCUT2D eigenvalue weighted by molar-refractivity contribution is -0.142. The van der Waals surface area contributed by atoms with E-state index in [1.165, 1.54) is 9.80 Å². The van der Waals surface area contributed by atoms with E-state index in [0.29, 0.717) is 18.0 Å². The molecule has 1 aromatic rings. The van der Waals surface area contributed by atoms with Crippen LogP contribution in [-0.4, -0.2) is 54.0 Å². The van der Waals surface area contributed by atoms with Gasteiger partial charge >= 0.3 is 5.97 Å². The summed E-state index contributed by atoms with van der Waals surface area (Å²) in [5.41, 5.74) is 0.546. The molecule has 0 radical (unpaired) electrons. The molecule has 2 amide bonds. The summed E-state index contributed by atoms with van der Waals surface area (Å²) in [6.45, 7) is 2.15. The zero-order chi connectivity index (χ0) is 17.4. The van der Waals surface area contributed by atoms with Crippen LogP contribution in [0.25, 0.3) is 0 Å². The van der Waals surface area contributed by atoms with Gasteiger partial charge in [-0.1, -0.05) is 22.9 Å². The van der Waals surface area contributed by atoms with Crippen LogP contribution < -0.4 is 9.64 Å². The van der Waals surface area contributed by atoms with Crippen LogP contribution >= 0.6 is 15.9 Å². The van der Waals surface area contributed by atoms with Crippen LogP contribution in [0.5, 0.6) is 5.75 Å². The first-order valence-electron chi connectivity index (χ1n) is 7.60. The Morgan fingerprint density at radius 1 is 1.38 bits per heavy atom. The standard InChI is InChI=1S/C16H17BrN2O5/c1-9-5-18(6-11(9)16(22)23)14(20)7-19-12-3-2-10(17)4-13(12)24-8-15(19)21/h2-4,9,11H,5-8H2,1H3,(H,22,23)/t9-,11-/m1/s1. The minimum Gasteiger partial charge on any atom is -0.482 e. The molecular weight excluding hydrogens is 380 g/mol. The highest BCUT2D eigenvalue weighted by Gasteiger charge is 2.38. The molecule has 1 N–H and O–H groups in total. The average molecular weight is 397 g/mol. The summed E-state index contributed by atoms with van der Waals surface area (Å²) in [4.78, 5) is 38.8. The summed E-state index contributed by atoms with van der Waals surface area (Å²) in [6, 6.07) is 5.24. The van der Waals surface area contributed by atoms with Gasteiger partial charge in [0.15, 0.2) is 6.61 Å². The first kappa shape index (κ1) is 16.8. The van der Waals surface area contributed by atoms with Gasteiger partial charge in [-0.05, 0) is 24.1 Å². The second kappa shape index (κ2) is 6.43. The molecule has 128 valence electrons. The van der Waals surface area contributed by atoms with Crippen molar-refractivity contribution in [3.05, 3.63) is 22.7 Å². The fourth-order valence-electron chi connectivity index (χ4n) is 3.08. The molecule has 2 atom stereocenters. The molecule has 1 fully saturated rings. The SMILES string of the molecule is C[C@@H]1CN(C(=O)CN2C(=O)COc3cc(Br)ccc32)C[C@H]1C(=O)O. The molecule has 0 spiro atoms. The molecule has 1 saturated heterocycles. The van der Waals surface area contributed by atoms with Crippen molar-refractivity contribution < 1.29 is 24.2 Å². The highest BCUT2D eigenvalue weighted by atomic mass is 79.9. The van der Waals surface area contributed by atoms with Crippen LogP contribution in [-0.2, 0) is 14.4 Å². The maximum Gasteiger partial charge on any atom is 0.308 e. The predicted octanol–water partition coefficient (Wildman–Crippen LogP) is 1.35. The molecule has 3 rings (SSSR count). The normalized spacial score (nSPS) is 23.0. The Labute approximate surface area is 147 Å².